The first-order valence-corrected chi connectivity index (χ1v) is 8.07. The Balaban J connectivity index is 1.78. The molecule has 0 unspecified atom stereocenters. The molecule has 0 atom stereocenters. The monoisotopic (exact) mass is 335 g/mol. The minimum atomic E-state index is 0.272. The van der Waals surface area contributed by atoms with E-state index in [-0.39, 0.29) is 12.0 Å². The second kappa shape index (κ2) is 7.12. The molecule has 128 valence electrons. The lowest BCUT2D eigenvalue weighted by Crippen LogP contribution is -2.12. The highest BCUT2D eigenvalue weighted by Gasteiger charge is 2.06. The first kappa shape index (κ1) is 16.6. The van der Waals surface area contributed by atoms with Crippen LogP contribution in [-0.4, -0.2) is 26.0 Å². The van der Waals surface area contributed by atoms with Crippen molar-refractivity contribution in [3.05, 3.63) is 48.3 Å². The summed E-state index contributed by atoms with van der Waals surface area (Å²) >= 11 is 0. The molecule has 0 amide bonds. The molecule has 0 aliphatic carbocycles. The van der Waals surface area contributed by atoms with Gasteiger partial charge >= 0.3 is 0 Å². The number of hydrogen-bond donors (Lipinski definition) is 3. The number of aryl methyl sites for hydroxylation is 1. The lowest BCUT2D eigenvalue weighted by atomic mass is 10.1. The maximum Gasteiger partial charge on any atom is 0.224 e. The lowest BCUT2D eigenvalue weighted by molar-refractivity contribution is 0.875. The fourth-order valence-corrected chi connectivity index (χ4v) is 2.36. The molecule has 25 heavy (non-hydrogen) atoms. The fourth-order valence-electron chi connectivity index (χ4n) is 2.36. The van der Waals surface area contributed by atoms with Crippen LogP contribution in [-0.2, 0) is 0 Å². The Morgan fingerprint density at radius 2 is 1.76 bits per heavy atom. The molecule has 3 rings (SSSR count). The quantitative estimate of drug-likeness (QED) is 0.657. The summed E-state index contributed by atoms with van der Waals surface area (Å²) in [4.78, 5) is 17.0. The Kier molecular flexibility index (Phi) is 4.74. The molecule has 0 fully saturated rings. The molecule has 2 heterocycles. The highest BCUT2D eigenvalue weighted by molar-refractivity contribution is 5.67. The Hall–Kier alpha value is -3.22. The zero-order chi connectivity index (χ0) is 17.8. The molecule has 0 aliphatic rings. The van der Waals surface area contributed by atoms with E-state index in [0.717, 1.165) is 28.3 Å². The van der Waals surface area contributed by atoms with Crippen LogP contribution in [0.15, 0.2) is 42.7 Å². The van der Waals surface area contributed by atoms with Gasteiger partial charge in [0.15, 0.2) is 0 Å². The molecular formula is C18H21N7. The lowest BCUT2D eigenvalue weighted by Gasteiger charge is -2.11. The molecule has 0 saturated heterocycles. The number of nitrogen functional groups attached to an aromatic ring is 1. The van der Waals surface area contributed by atoms with Gasteiger partial charge in [0.05, 0.1) is 5.69 Å². The van der Waals surface area contributed by atoms with Crippen molar-refractivity contribution in [2.24, 2.45) is 0 Å². The average Bonchev–Trinajstić information content (AvgIpc) is 2.58. The standard InChI is InChI=1S/C18H21N7/c1-11(2)22-18-20-9-8-15(24-18)23-14-6-4-13(5-7-14)16-12(3)10-21-17(19)25-16/h4-11H,1-3H3,(H2,19,21,25)(H2,20,22,23,24). The molecule has 3 aromatic rings. The van der Waals surface area contributed by atoms with Gasteiger partial charge < -0.3 is 16.4 Å². The highest BCUT2D eigenvalue weighted by atomic mass is 15.1. The van der Waals surface area contributed by atoms with Crippen LogP contribution in [0.5, 0.6) is 0 Å². The zero-order valence-corrected chi connectivity index (χ0v) is 14.5. The molecule has 0 saturated carbocycles. The van der Waals surface area contributed by atoms with E-state index < -0.39 is 0 Å². The number of rotatable bonds is 5. The number of benzene rings is 1. The van der Waals surface area contributed by atoms with Gasteiger partial charge in [0.1, 0.15) is 5.82 Å². The second-order valence-electron chi connectivity index (χ2n) is 6.03. The maximum absolute atomic E-state index is 5.69. The third-order valence-electron chi connectivity index (χ3n) is 3.49. The molecule has 1 aromatic carbocycles. The molecule has 0 aliphatic heterocycles. The van der Waals surface area contributed by atoms with Crippen LogP contribution in [0.1, 0.15) is 19.4 Å². The van der Waals surface area contributed by atoms with Gasteiger partial charge in [-0.2, -0.15) is 4.98 Å². The van der Waals surface area contributed by atoms with Crippen molar-refractivity contribution >= 4 is 23.4 Å². The van der Waals surface area contributed by atoms with E-state index in [4.69, 9.17) is 5.73 Å². The van der Waals surface area contributed by atoms with Crippen molar-refractivity contribution in [3.8, 4) is 11.3 Å². The minimum absolute atomic E-state index is 0.272. The SMILES string of the molecule is Cc1cnc(N)nc1-c1ccc(Nc2ccnc(NC(C)C)n2)cc1. The number of nitrogens with one attached hydrogen (secondary N) is 2. The van der Waals surface area contributed by atoms with Crippen molar-refractivity contribution in [2.75, 3.05) is 16.4 Å². The van der Waals surface area contributed by atoms with Gasteiger partial charge in [-0.05, 0) is 44.5 Å². The van der Waals surface area contributed by atoms with Crippen molar-refractivity contribution in [3.63, 3.8) is 0 Å². The highest BCUT2D eigenvalue weighted by Crippen LogP contribution is 2.24. The van der Waals surface area contributed by atoms with E-state index in [1.54, 1.807) is 12.4 Å². The smallest absolute Gasteiger partial charge is 0.224 e. The maximum atomic E-state index is 5.69. The van der Waals surface area contributed by atoms with E-state index >= 15 is 0 Å². The van der Waals surface area contributed by atoms with E-state index in [1.807, 2.05) is 51.1 Å². The summed E-state index contributed by atoms with van der Waals surface area (Å²) in [5.74, 6) is 1.60. The van der Waals surface area contributed by atoms with E-state index in [9.17, 15) is 0 Å². The zero-order valence-electron chi connectivity index (χ0n) is 14.5. The van der Waals surface area contributed by atoms with Crippen LogP contribution in [0.25, 0.3) is 11.3 Å². The summed E-state index contributed by atoms with van der Waals surface area (Å²) in [6, 6.07) is 10.0. The van der Waals surface area contributed by atoms with Crippen LogP contribution in [0.4, 0.5) is 23.4 Å². The third kappa shape index (κ3) is 4.20. The summed E-state index contributed by atoms with van der Waals surface area (Å²) in [5.41, 5.74) is 9.43. The summed E-state index contributed by atoms with van der Waals surface area (Å²) in [6.07, 6.45) is 3.45. The summed E-state index contributed by atoms with van der Waals surface area (Å²) in [5, 5.41) is 6.46. The number of hydrogen-bond acceptors (Lipinski definition) is 7. The van der Waals surface area contributed by atoms with Crippen LogP contribution in [0.2, 0.25) is 0 Å². The minimum Gasteiger partial charge on any atom is -0.368 e. The Labute approximate surface area is 146 Å². The van der Waals surface area contributed by atoms with Crippen molar-refractivity contribution in [1.82, 2.24) is 19.9 Å². The van der Waals surface area contributed by atoms with E-state index in [1.165, 1.54) is 0 Å². The normalized spacial score (nSPS) is 10.7. The van der Waals surface area contributed by atoms with Crippen LogP contribution in [0.3, 0.4) is 0 Å². The van der Waals surface area contributed by atoms with Gasteiger partial charge in [-0.3, -0.25) is 0 Å². The second-order valence-corrected chi connectivity index (χ2v) is 6.03. The molecule has 0 bridgehead atoms. The molecule has 0 radical (unpaired) electrons. The van der Waals surface area contributed by atoms with Crippen LogP contribution >= 0.6 is 0 Å². The van der Waals surface area contributed by atoms with Gasteiger partial charge in [0.2, 0.25) is 11.9 Å². The largest absolute Gasteiger partial charge is 0.368 e. The molecule has 7 heteroatoms. The van der Waals surface area contributed by atoms with Gasteiger partial charge in [-0.25, -0.2) is 15.0 Å². The van der Waals surface area contributed by atoms with Gasteiger partial charge in [0.25, 0.3) is 0 Å². The van der Waals surface area contributed by atoms with Gasteiger partial charge in [0, 0.05) is 29.7 Å². The van der Waals surface area contributed by atoms with Crippen molar-refractivity contribution in [2.45, 2.75) is 26.8 Å². The van der Waals surface area contributed by atoms with Gasteiger partial charge in [-0.15, -0.1) is 0 Å². The number of anilines is 4. The predicted octanol–water partition coefficient (Wildman–Crippen LogP) is 3.39. The average molecular weight is 335 g/mol. The van der Waals surface area contributed by atoms with Crippen molar-refractivity contribution in [1.29, 1.82) is 0 Å². The Bertz CT molecular complexity index is 860. The number of aromatic nitrogens is 4. The summed E-state index contributed by atoms with van der Waals surface area (Å²) in [6.45, 7) is 6.05. The fraction of sp³-hybridized carbons (Fsp3) is 0.222. The molecule has 4 N–H and O–H groups in total. The Morgan fingerprint density at radius 3 is 2.48 bits per heavy atom. The topological polar surface area (TPSA) is 102 Å². The third-order valence-corrected chi connectivity index (χ3v) is 3.49. The molecule has 2 aromatic heterocycles. The van der Waals surface area contributed by atoms with Gasteiger partial charge in [-0.1, -0.05) is 12.1 Å². The first-order chi connectivity index (χ1) is 12.0. The van der Waals surface area contributed by atoms with E-state index in [0.29, 0.717) is 5.95 Å². The molecule has 7 nitrogen and oxygen atoms in total. The molecular weight excluding hydrogens is 314 g/mol. The van der Waals surface area contributed by atoms with Crippen LogP contribution < -0.4 is 16.4 Å². The Morgan fingerprint density at radius 1 is 1.00 bits per heavy atom. The van der Waals surface area contributed by atoms with Crippen molar-refractivity contribution < 1.29 is 0 Å². The number of nitrogens with zero attached hydrogens (tertiary/aromatic N) is 4. The van der Waals surface area contributed by atoms with Crippen LogP contribution in [0, 0.1) is 6.92 Å². The number of nitrogens with two attached hydrogens (primary N) is 1. The summed E-state index contributed by atoms with van der Waals surface area (Å²) < 4.78 is 0. The predicted molar refractivity (Wildman–Crippen MR) is 101 cm³/mol. The molecule has 0 spiro atoms. The summed E-state index contributed by atoms with van der Waals surface area (Å²) in [7, 11) is 0. The van der Waals surface area contributed by atoms with E-state index in [2.05, 4.69) is 30.6 Å². The first-order valence-electron chi connectivity index (χ1n) is 8.07.